The molecular weight excluding hydrogens is 153 g/mol. The van der Waals surface area contributed by atoms with Gasteiger partial charge in [0.2, 0.25) is 0 Å². The predicted octanol–water partition coefficient (Wildman–Crippen LogP) is 0.797. The van der Waals surface area contributed by atoms with Gasteiger partial charge in [0.1, 0.15) is 0 Å². The van der Waals surface area contributed by atoms with E-state index in [1.807, 2.05) is 0 Å². The molecule has 0 amide bonds. The van der Waals surface area contributed by atoms with Crippen LogP contribution in [0.2, 0.25) is 0 Å². The number of ketones is 1. The fourth-order valence-corrected chi connectivity index (χ4v) is 0. The summed E-state index contributed by atoms with van der Waals surface area (Å²) in [5.74, 6) is 0.00463. The summed E-state index contributed by atoms with van der Waals surface area (Å²) in [7, 11) is 0. The first-order valence-corrected chi connectivity index (χ1v) is 1.62. The molecule has 0 bridgehead atoms. The number of hydrogen-bond acceptors (Lipinski definition) is 1. The molecule has 1 radical (unpaired) electrons. The molecular formula is C4H7OY-. The first-order valence-electron chi connectivity index (χ1n) is 1.62. The van der Waals surface area contributed by atoms with Crippen LogP contribution in [0.5, 0.6) is 0 Å². The predicted molar refractivity (Wildman–Crippen MR) is 20.7 cm³/mol. The molecule has 1 nitrogen and oxygen atoms in total. The van der Waals surface area contributed by atoms with Crippen molar-refractivity contribution < 1.29 is 37.5 Å². The maximum absolute atomic E-state index is 9.70. The number of Topliss-reactive ketones (excluding diaryl/α,β-unsaturated/α-hetero) is 1. The van der Waals surface area contributed by atoms with Crippen molar-refractivity contribution in [1.29, 1.82) is 0 Å². The van der Waals surface area contributed by atoms with Gasteiger partial charge in [-0.25, -0.2) is 0 Å². The van der Waals surface area contributed by atoms with Crippen LogP contribution in [-0.4, -0.2) is 5.78 Å². The molecule has 0 aromatic carbocycles. The normalized spacial score (nSPS) is 6.17. The Morgan fingerprint density at radius 1 is 1.83 bits per heavy atom. The zero-order valence-electron chi connectivity index (χ0n) is 3.90. The third kappa shape index (κ3) is 8.82. The Kier molecular flexibility index (Phi) is 9.23. The fraction of sp³-hybridized carbons (Fsp3) is 0.500. The molecule has 0 saturated heterocycles. The van der Waals surface area contributed by atoms with E-state index in [4.69, 9.17) is 0 Å². The zero-order valence-corrected chi connectivity index (χ0v) is 6.74. The van der Waals surface area contributed by atoms with Gasteiger partial charge in [-0.3, -0.25) is 0 Å². The molecule has 0 unspecified atom stereocenters. The van der Waals surface area contributed by atoms with E-state index in [-0.39, 0.29) is 38.5 Å². The quantitative estimate of drug-likeness (QED) is 0.518. The van der Waals surface area contributed by atoms with Crippen LogP contribution in [0.25, 0.3) is 0 Å². The number of rotatable bonds is 1. The monoisotopic (exact) mass is 160 g/mol. The molecule has 0 aliphatic heterocycles. The summed E-state index contributed by atoms with van der Waals surface area (Å²) in [5.41, 5.74) is 0. The van der Waals surface area contributed by atoms with Gasteiger partial charge in [0.25, 0.3) is 0 Å². The molecule has 0 aromatic heterocycles. The van der Waals surface area contributed by atoms with Crippen LogP contribution < -0.4 is 0 Å². The van der Waals surface area contributed by atoms with Gasteiger partial charge in [0.05, 0.1) is 0 Å². The van der Waals surface area contributed by atoms with E-state index < -0.39 is 0 Å². The topological polar surface area (TPSA) is 17.1 Å². The van der Waals surface area contributed by atoms with Gasteiger partial charge in [-0.15, -0.1) is 0 Å². The van der Waals surface area contributed by atoms with Gasteiger partial charge >= 0.3 is 0 Å². The fourth-order valence-electron chi connectivity index (χ4n) is 0. The Balaban J connectivity index is 0. The summed E-state index contributed by atoms with van der Waals surface area (Å²) in [6.45, 7) is 4.91. The van der Waals surface area contributed by atoms with Gasteiger partial charge in [-0.1, -0.05) is 6.92 Å². The number of carbonyl (C=O) groups is 1. The summed E-state index contributed by atoms with van der Waals surface area (Å²) in [4.78, 5) is 9.70. The van der Waals surface area contributed by atoms with E-state index in [1.54, 1.807) is 6.92 Å². The first-order chi connectivity index (χ1) is 2.27. The van der Waals surface area contributed by atoms with Crippen LogP contribution in [0.1, 0.15) is 13.3 Å². The van der Waals surface area contributed by atoms with Crippen LogP contribution in [-0.2, 0) is 37.5 Å². The Hall–Kier alpha value is 0.644. The van der Waals surface area contributed by atoms with Crippen LogP contribution in [0, 0.1) is 6.92 Å². The number of carbonyl (C=O) groups excluding carboxylic acids is 1. The van der Waals surface area contributed by atoms with Crippen molar-refractivity contribution in [3.05, 3.63) is 6.92 Å². The third-order valence-electron chi connectivity index (χ3n) is 0.394. The van der Waals surface area contributed by atoms with Gasteiger partial charge < -0.3 is 11.7 Å². The SMILES string of the molecule is [CH2-]C(=O)CC.[Y]. The van der Waals surface area contributed by atoms with E-state index in [1.165, 1.54) is 0 Å². The van der Waals surface area contributed by atoms with Crippen LogP contribution in [0.4, 0.5) is 0 Å². The van der Waals surface area contributed by atoms with Crippen molar-refractivity contribution in [2.45, 2.75) is 13.3 Å². The van der Waals surface area contributed by atoms with Gasteiger partial charge in [-0.05, 0) is 12.2 Å². The van der Waals surface area contributed by atoms with Gasteiger partial charge in [0, 0.05) is 32.7 Å². The van der Waals surface area contributed by atoms with Crippen molar-refractivity contribution in [2.75, 3.05) is 0 Å². The van der Waals surface area contributed by atoms with E-state index >= 15 is 0 Å². The van der Waals surface area contributed by atoms with Crippen molar-refractivity contribution in [3.63, 3.8) is 0 Å². The summed E-state index contributed by atoms with van der Waals surface area (Å²) >= 11 is 0. The Morgan fingerprint density at radius 3 is 2.00 bits per heavy atom. The summed E-state index contributed by atoms with van der Waals surface area (Å²) in [5, 5.41) is 0. The first kappa shape index (κ1) is 9.81. The van der Waals surface area contributed by atoms with Crippen LogP contribution in [0.3, 0.4) is 0 Å². The second-order valence-corrected chi connectivity index (χ2v) is 0.892. The molecule has 0 heterocycles. The Morgan fingerprint density at radius 2 is 2.00 bits per heavy atom. The number of hydrogen-bond donors (Lipinski definition) is 0. The molecule has 0 fully saturated rings. The molecule has 0 rings (SSSR count). The summed E-state index contributed by atoms with van der Waals surface area (Å²) in [6.07, 6.45) is 0.556. The molecule has 0 saturated carbocycles. The second-order valence-electron chi connectivity index (χ2n) is 0.892. The minimum atomic E-state index is 0. The molecule has 0 aromatic rings. The molecule has 0 atom stereocenters. The maximum atomic E-state index is 9.70. The molecule has 0 spiro atoms. The standard InChI is InChI=1S/C4H7O.Y/c1-3-4(2)5;/h2-3H2,1H3;/q-1;. The average Bonchev–Trinajstić information content (AvgIpc) is 1.38. The van der Waals surface area contributed by atoms with E-state index in [0.717, 1.165) is 0 Å². The van der Waals surface area contributed by atoms with Crippen molar-refractivity contribution in [3.8, 4) is 0 Å². The summed E-state index contributed by atoms with van der Waals surface area (Å²) < 4.78 is 0. The Bertz CT molecular complexity index is 42.8. The van der Waals surface area contributed by atoms with Crippen LogP contribution in [0.15, 0.2) is 0 Å². The second kappa shape index (κ2) is 5.64. The molecule has 0 aliphatic carbocycles. The van der Waals surface area contributed by atoms with E-state index in [2.05, 4.69) is 6.92 Å². The van der Waals surface area contributed by atoms with Crippen molar-refractivity contribution in [2.24, 2.45) is 0 Å². The largest absolute Gasteiger partial charge is 0.339 e. The van der Waals surface area contributed by atoms with E-state index in [0.29, 0.717) is 6.42 Å². The molecule has 33 valence electrons. The maximum Gasteiger partial charge on any atom is 0 e. The van der Waals surface area contributed by atoms with E-state index in [9.17, 15) is 4.79 Å². The van der Waals surface area contributed by atoms with Crippen molar-refractivity contribution >= 4 is 5.78 Å². The zero-order chi connectivity index (χ0) is 4.28. The Labute approximate surface area is 63.4 Å². The molecule has 2 heteroatoms. The van der Waals surface area contributed by atoms with Crippen LogP contribution >= 0.6 is 0 Å². The minimum absolute atomic E-state index is 0. The van der Waals surface area contributed by atoms with Crippen molar-refractivity contribution in [1.82, 2.24) is 0 Å². The third-order valence-corrected chi connectivity index (χ3v) is 0.394. The minimum Gasteiger partial charge on any atom is -0.339 e. The molecule has 6 heavy (non-hydrogen) atoms. The molecule has 0 aliphatic rings. The van der Waals surface area contributed by atoms with Gasteiger partial charge in [0.15, 0.2) is 0 Å². The summed E-state index contributed by atoms with van der Waals surface area (Å²) in [6, 6.07) is 0. The molecule has 0 N–H and O–H groups in total. The smallest absolute Gasteiger partial charge is 0 e. The van der Waals surface area contributed by atoms with Gasteiger partial charge in [-0.2, -0.15) is 0 Å². The average molecular weight is 160 g/mol.